The third kappa shape index (κ3) is 5.46. The molecular formula is C29H30FN5O2. The van der Waals surface area contributed by atoms with Crippen molar-refractivity contribution in [3.05, 3.63) is 82.4 Å². The Labute approximate surface area is 216 Å². The van der Waals surface area contributed by atoms with E-state index in [1.165, 1.54) is 0 Å². The Kier molecular flexibility index (Phi) is 7.25. The lowest BCUT2D eigenvalue weighted by atomic mass is 9.85. The molecule has 0 unspecified atom stereocenters. The Morgan fingerprint density at radius 1 is 1.11 bits per heavy atom. The van der Waals surface area contributed by atoms with E-state index in [9.17, 15) is 9.59 Å². The van der Waals surface area contributed by atoms with Gasteiger partial charge in [-0.25, -0.2) is 9.37 Å². The van der Waals surface area contributed by atoms with Crippen LogP contribution in [0.5, 0.6) is 0 Å². The molecule has 2 aromatic carbocycles. The van der Waals surface area contributed by atoms with Gasteiger partial charge in [0.25, 0.3) is 11.8 Å². The summed E-state index contributed by atoms with van der Waals surface area (Å²) in [6.45, 7) is 6.38. The van der Waals surface area contributed by atoms with Crippen LogP contribution in [0, 0.1) is 18.3 Å². The van der Waals surface area contributed by atoms with Crippen LogP contribution in [0.1, 0.15) is 64.1 Å². The molecular weight excluding hydrogens is 469 g/mol. The van der Waals surface area contributed by atoms with Crippen molar-refractivity contribution in [3.63, 3.8) is 0 Å². The van der Waals surface area contributed by atoms with Crippen molar-refractivity contribution < 1.29 is 14.0 Å². The fourth-order valence-electron chi connectivity index (χ4n) is 4.63. The van der Waals surface area contributed by atoms with E-state index < -0.39 is 11.6 Å². The number of carbonyl (C=O) groups is 2. The Hall–Kier alpha value is -4.25. The number of aromatic nitrogens is 1. The molecule has 1 fully saturated rings. The van der Waals surface area contributed by atoms with Crippen molar-refractivity contribution in [3.8, 4) is 17.3 Å². The van der Waals surface area contributed by atoms with E-state index in [0.29, 0.717) is 33.8 Å². The van der Waals surface area contributed by atoms with Crippen molar-refractivity contribution in [2.24, 2.45) is 5.73 Å². The number of primary amides is 1. The topological polar surface area (TPSA) is 112 Å². The average molecular weight is 500 g/mol. The van der Waals surface area contributed by atoms with Gasteiger partial charge in [-0.05, 0) is 68.3 Å². The number of likely N-dealkylation sites (tertiary alicyclic amines) is 1. The van der Waals surface area contributed by atoms with Gasteiger partial charge < -0.3 is 16.0 Å². The summed E-state index contributed by atoms with van der Waals surface area (Å²) >= 11 is 0. The van der Waals surface area contributed by atoms with Crippen LogP contribution in [0.15, 0.2) is 54.6 Å². The minimum atomic E-state index is -1.55. The predicted octanol–water partition coefficient (Wildman–Crippen LogP) is 4.95. The number of benzene rings is 2. The Balaban J connectivity index is 1.58. The van der Waals surface area contributed by atoms with Crippen molar-refractivity contribution >= 4 is 17.6 Å². The second-order valence-electron chi connectivity index (χ2n) is 9.73. The summed E-state index contributed by atoms with van der Waals surface area (Å²) in [7, 11) is 0. The number of piperidine rings is 1. The third-order valence-electron chi connectivity index (χ3n) is 6.71. The van der Waals surface area contributed by atoms with Gasteiger partial charge in [0, 0.05) is 43.1 Å². The fraction of sp³-hybridized carbons (Fsp3) is 0.310. The molecule has 0 bridgehead atoms. The summed E-state index contributed by atoms with van der Waals surface area (Å²) in [6.07, 6.45) is 0.333. The van der Waals surface area contributed by atoms with Crippen LogP contribution in [-0.2, 0) is 5.67 Å². The molecule has 3 aromatic rings. The quantitative estimate of drug-likeness (QED) is 0.498. The minimum absolute atomic E-state index is 0.139. The highest BCUT2D eigenvalue weighted by Gasteiger charge is 2.37. The van der Waals surface area contributed by atoms with Crippen LogP contribution in [-0.4, -0.2) is 40.8 Å². The summed E-state index contributed by atoms with van der Waals surface area (Å²) in [5, 5.41) is 12.2. The Morgan fingerprint density at radius 2 is 1.78 bits per heavy atom. The number of hydrogen-bond acceptors (Lipinski definition) is 5. The van der Waals surface area contributed by atoms with Crippen LogP contribution in [0.25, 0.3) is 11.3 Å². The summed E-state index contributed by atoms with van der Waals surface area (Å²) in [6, 6.07) is 17.3. The highest BCUT2D eigenvalue weighted by atomic mass is 19.1. The first-order chi connectivity index (χ1) is 17.6. The van der Waals surface area contributed by atoms with Gasteiger partial charge >= 0.3 is 0 Å². The van der Waals surface area contributed by atoms with Crippen molar-refractivity contribution in [2.45, 2.75) is 45.3 Å². The summed E-state index contributed by atoms with van der Waals surface area (Å²) in [5.74, 6) is -0.211. The molecule has 2 amide bonds. The first kappa shape index (κ1) is 25.8. The molecule has 0 atom stereocenters. The van der Waals surface area contributed by atoms with E-state index in [4.69, 9.17) is 11.0 Å². The number of carbonyl (C=O) groups excluding carboxylic acids is 2. The number of nitrogens with one attached hydrogen (secondary N) is 1. The molecule has 0 aliphatic carbocycles. The van der Waals surface area contributed by atoms with E-state index in [1.54, 1.807) is 53.4 Å². The normalized spacial score (nSPS) is 14.8. The maximum atomic E-state index is 15.7. The molecule has 1 aliphatic rings. The fourth-order valence-corrected chi connectivity index (χ4v) is 4.63. The number of alkyl halides is 1. The highest BCUT2D eigenvalue weighted by molar-refractivity contribution is 6.01. The molecule has 1 aliphatic heterocycles. The number of pyridine rings is 1. The van der Waals surface area contributed by atoms with E-state index in [0.717, 1.165) is 5.56 Å². The molecule has 0 saturated carbocycles. The lowest BCUT2D eigenvalue weighted by molar-refractivity contribution is 0.0421. The smallest absolute Gasteiger partial charge is 0.253 e. The second kappa shape index (κ2) is 10.4. The number of rotatable bonds is 6. The largest absolute Gasteiger partial charge is 0.368 e. The van der Waals surface area contributed by atoms with Gasteiger partial charge in [-0.1, -0.05) is 18.2 Å². The van der Waals surface area contributed by atoms with Crippen LogP contribution in [0.3, 0.4) is 0 Å². The van der Waals surface area contributed by atoms with Gasteiger partial charge in [0.15, 0.2) is 0 Å². The van der Waals surface area contributed by atoms with E-state index in [1.807, 2.05) is 32.9 Å². The molecule has 37 heavy (non-hydrogen) atoms. The number of anilines is 1. The molecule has 0 radical (unpaired) electrons. The number of nitrogens with zero attached hydrogens (tertiary/aromatic N) is 3. The summed E-state index contributed by atoms with van der Waals surface area (Å²) in [4.78, 5) is 31.8. The molecule has 1 saturated heterocycles. The molecule has 4 rings (SSSR count). The van der Waals surface area contributed by atoms with Crippen LogP contribution in [0.4, 0.5) is 10.2 Å². The minimum Gasteiger partial charge on any atom is -0.368 e. The van der Waals surface area contributed by atoms with Crippen LogP contribution in [0.2, 0.25) is 0 Å². The zero-order valence-corrected chi connectivity index (χ0v) is 21.2. The summed E-state index contributed by atoms with van der Waals surface area (Å²) in [5.41, 5.74) is 7.69. The molecule has 190 valence electrons. The number of hydrogen-bond donors (Lipinski definition) is 2. The molecule has 2 heterocycles. The molecule has 0 spiro atoms. The first-order valence-electron chi connectivity index (χ1n) is 12.3. The predicted molar refractivity (Wildman–Crippen MR) is 141 cm³/mol. The molecule has 1 aromatic heterocycles. The zero-order chi connectivity index (χ0) is 26.7. The SMILES string of the molecule is Cc1ccc(C(=O)N2CCC(F)(c3ccc(C#N)cc3)CC2)cc1-c1nc(NC(C)C)ccc1C(N)=O. The molecule has 3 N–H and O–H groups in total. The Bertz CT molecular complexity index is 1370. The van der Waals surface area contributed by atoms with Gasteiger partial charge in [-0.2, -0.15) is 5.26 Å². The average Bonchev–Trinajstić information content (AvgIpc) is 2.88. The van der Waals surface area contributed by atoms with Crippen molar-refractivity contribution in [1.29, 1.82) is 5.26 Å². The Morgan fingerprint density at radius 3 is 2.38 bits per heavy atom. The number of amides is 2. The zero-order valence-electron chi connectivity index (χ0n) is 21.2. The van der Waals surface area contributed by atoms with Gasteiger partial charge in [0.05, 0.1) is 22.9 Å². The second-order valence-corrected chi connectivity index (χ2v) is 9.73. The standard InChI is InChI=1S/C29H30FN5O2/c1-18(2)33-25-11-10-23(27(32)36)26(34-25)24-16-21(7-4-19(24)3)28(37)35-14-12-29(30,13-15-35)22-8-5-20(17-31)6-9-22/h4-11,16,18H,12-15H2,1-3H3,(H2,32,36)(H,33,34). The number of aryl methyl sites for hydroxylation is 1. The van der Waals surface area contributed by atoms with E-state index >= 15 is 4.39 Å². The van der Waals surface area contributed by atoms with E-state index in [2.05, 4.69) is 10.3 Å². The number of nitriles is 1. The molecule has 7 nitrogen and oxygen atoms in total. The van der Waals surface area contributed by atoms with Gasteiger partial charge in [0.1, 0.15) is 11.5 Å². The van der Waals surface area contributed by atoms with E-state index in [-0.39, 0.29) is 43.4 Å². The van der Waals surface area contributed by atoms with Gasteiger partial charge in [0.2, 0.25) is 0 Å². The van der Waals surface area contributed by atoms with Crippen LogP contribution < -0.4 is 11.1 Å². The number of nitrogens with two attached hydrogens (primary N) is 1. The van der Waals surface area contributed by atoms with Gasteiger partial charge in [-0.3, -0.25) is 9.59 Å². The van der Waals surface area contributed by atoms with Crippen LogP contribution >= 0.6 is 0 Å². The third-order valence-corrected chi connectivity index (χ3v) is 6.71. The van der Waals surface area contributed by atoms with Gasteiger partial charge in [-0.15, -0.1) is 0 Å². The maximum absolute atomic E-state index is 15.7. The first-order valence-corrected chi connectivity index (χ1v) is 12.3. The lowest BCUT2D eigenvalue weighted by Gasteiger charge is -2.37. The monoisotopic (exact) mass is 499 g/mol. The number of halogens is 1. The van der Waals surface area contributed by atoms with Crippen molar-refractivity contribution in [2.75, 3.05) is 18.4 Å². The lowest BCUT2D eigenvalue weighted by Crippen LogP contribution is -2.43. The maximum Gasteiger partial charge on any atom is 0.253 e. The highest BCUT2D eigenvalue weighted by Crippen LogP contribution is 2.37. The van der Waals surface area contributed by atoms with Crippen molar-refractivity contribution in [1.82, 2.24) is 9.88 Å². The molecule has 8 heteroatoms. The summed E-state index contributed by atoms with van der Waals surface area (Å²) < 4.78 is 15.7.